The Hall–Kier alpha value is -1.38. The Bertz CT molecular complexity index is 391. The van der Waals surface area contributed by atoms with E-state index >= 15 is 0 Å². The third-order valence-corrected chi connectivity index (χ3v) is 3.44. The molecule has 0 saturated carbocycles. The van der Waals surface area contributed by atoms with Gasteiger partial charge in [-0.05, 0) is 24.8 Å². The summed E-state index contributed by atoms with van der Waals surface area (Å²) in [6.45, 7) is 8.42. The minimum Gasteiger partial charge on any atom is -0.493 e. The van der Waals surface area contributed by atoms with Gasteiger partial charge in [0.1, 0.15) is 5.75 Å². The van der Waals surface area contributed by atoms with E-state index < -0.39 is 0 Å². The maximum atomic E-state index is 5.91. The Morgan fingerprint density at radius 2 is 1.86 bits per heavy atom. The normalized spacial score (nSPS) is 10.9. The van der Waals surface area contributed by atoms with Crippen molar-refractivity contribution in [3.63, 3.8) is 0 Å². The van der Waals surface area contributed by atoms with Crippen molar-refractivity contribution in [2.75, 3.05) is 24.2 Å². The zero-order valence-corrected chi connectivity index (χ0v) is 14.0. The van der Waals surface area contributed by atoms with Crippen LogP contribution in [0.3, 0.4) is 0 Å². The summed E-state index contributed by atoms with van der Waals surface area (Å²) < 4.78 is 5.64. The quantitative estimate of drug-likeness (QED) is 0.442. The van der Waals surface area contributed by atoms with E-state index in [4.69, 9.17) is 10.5 Å². The fourth-order valence-corrected chi connectivity index (χ4v) is 2.29. The number of hydrogen-bond acceptors (Lipinski definition) is 3. The number of nitrogen functional groups attached to an aromatic ring is 1. The summed E-state index contributed by atoms with van der Waals surface area (Å²) >= 11 is 0. The van der Waals surface area contributed by atoms with Crippen LogP contribution in [-0.4, -0.2) is 13.2 Å². The molecule has 0 saturated heterocycles. The summed E-state index contributed by atoms with van der Waals surface area (Å²) in [6, 6.07) is 5.88. The van der Waals surface area contributed by atoms with Gasteiger partial charge in [-0.15, -0.1) is 0 Å². The van der Waals surface area contributed by atoms with E-state index in [1.807, 2.05) is 18.2 Å². The molecule has 0 aliphatic heterocycles. The molecule has 0 fully saturated rings. The highest BCUT2D eigenvalue weighted by Crippen LogP contribution is 2.23. The molecule has 0 atom stereocenters. The zero-order valence-electron chi connectivity index (χ0n) is 14.0. The predicted octanol–water partition coefficient (Wildman–Crippen LogP) is 5.08. The van der Waals surface area contributed by atoms with Gasteiger partial charge >= 0.3 is 0 Å². The Balaban J connectivity index is 2.23. The van der Waals surface area contributed by atoms with Gasteiger partial charge in [-0.2, -0.15) is 0 Å². The molecule has 1 aromatic rings. The van der Waals surface area contributed by atoms with Crippen LogP contribution >= 0.6 is 0 Å². The monoisotopic (exact) mass is 292 g/mol. The highest BCUT2D eigenvalue weighted by Gasteiger charge is 2.00. The average Bonchev–Trinajstić information content (AvgIpc) is 2.43. The molecule has 120 valence electrons. The molecule has 0 aromatic heterocycles. The fraction of sp³-hybridized carbons (Fsp3) is 0.667. The smallest absolute Gasteiger partial charge is 0.123 e. The van der Waals surface area contributed by atoms with E-state index in [0.717, 1.165) is 42.6 Å². The number of ether oxygens (including phenoxy) is 1. The van der Waals surface area contributed by atoms with Crippen molar-refractivity contribution in [3.05, 3.63) is 18.2 Å². The van der Waals surface area contributed by atoms with Gasteiger partial charge in [0, 0.05) is 30.1 Å². The molecule has 0 amide bonds. The molecule has 0 radical (unpaired) electrons. The highest BCUT2D eigenvalue weighted by atomic mass is 16.5. The molecule has 0 aliphatic carbocycles. The molecular formula is C18H32N2O. The summed E-state index contributed by atoms with van der Waals surface area (Å²) in [7, 11) is 0. The second kappa shape index (κ2) is 10.4. The SMILES string of the molecule is CCCOc1cc(N)cc(NCCCCCCC(C)C)c1. The first kappa shape index (κ1) is 17.7. The lowest BCUT2D eigenvalue weighted by molar-refractivity contribution is 0.318. The van der Waals surface area contributed by atoms with Gasteiger partial charge in [0.15, 0.2) is 0 Å². The van der Waals surface area contributed by atoms with Crippen LogP contribution in [0.1, 0.15) is 59.3 Å². The van der Waals surface area contributed by atoms with Crippen LogP contribution < -0.4 is 15.8 Å². The molecule has 1 aromatic carbocycles. The number of benzene rings is 1. The Labute approximate surface area is 130 Å². The lowest BCUT2D eigenvalue weighted by Gasteiger charge is -2.11. The number of unbranched alkanes of at least 4 members (excludes halogenated alkanes) is 3. The minimum absolute atomic E-state index is 0.735. The topological polar surface area (TPSA) is 47.3 Å². The van der Waals surface area contributed by atoms with Crippen LogP contribution in [0.15, 0.2) is 18.2 Å². The van der Waals surface area contributed by atoms with Crippen molar-refractivity contribution in [3.8, 4) is 5.75 Å². The Morgan fingerprint density at radius 1 is 1.10 bits per heavy atom. The Morgan fingerprint density at radius 3 is 2.57 bits per heavy atom. The molecule has 0 heterocycles. The van der Waals surface area contributed by atoms with Crippen LogP contribution in [0, 0.1) is 5.92 Å². The van der Waals surface area contributed by atoms with Gasteiger partial charge in [-0.25, -0.2) is 0 Å². The van der Waals surface area contributed by atoms with E-state index in [-0.39, 0.29) is 0 Å². The second-order valence-corrected chi connectivity index (χ2v) is 6.16. The Kier molecular flexibility index (Phi) is 8.72. The first-order valence-electron chi connectivity index (χ1n) is 8.39. The van der Waals surface area contributed by atoms with Crippen molar-refractivity contribution in [1.29, 1.82) is 0 Å². The fourth-order valence-electron chi connectivity index (χ4n) is 2.29. The number of hydrogen-bond donors (Lipinski definition) is 2. The summed E-state index contributed by atoms with van der Waals surface area (Å²) in [5.74, 6) is 1.69. The van der Waals surface area contributed by atoms with Crippen LogP contribution in [-0.2, 0) is 0 Å². The molecular weight excluding hydrogens is 260 g/mol. The van der Waals surface area contributed by atoms with Crippen molar-refractivity contribution in [1.82, 2.24) is 0 Å². The van der Waals surface area contributed by atoms with E-state index in [1.54, 1.807) is 0 Å². The van der Waals surface area contributed by atoms with Crippen LogP contribution in [0.25, 0.3) is 0 Å². The van der Waals surface area contributed by atoms with Crippen molar-refractivity contribution < 1.29 is 4.74 Å². The summed E-state index contributed by atoms with van der Waals surface area (Å²) in [5, 5.41) is 3.44. The molecule has 1 rings (SSSR count). The van der Waals surface area contributed by atoms with E-state index in [9.17, 15) is 0 Å². The maximum absolute atomic E-state index is 5.91. The van der Waals surface area contributed by atoms with E-state index in [0.29, 0.717) is 0 Å². The predicted molar refractivity (Wildman–Crippen MR) is 93.1 cm³/mol. The van der Waals surface area contributed by atoms with Gasteiger partial charge < -0.3 is 15.8 Å². The number of rotatable bonds is 11. The van der Waals surface area contributed by atoms with Gasteiger partial charge in [0.25, 0.3) is 0 Å². The summed E-state index contributed by atoms with van der Waals surface area (Å²) in [4.78, 5) is 0. The molecule has 3 N–H and O–H groups in total. The molecule has 0 bridgehead atoms. The molecule has 0 unspecified atom stereocenters. The minimum atomic E-state index is 0.735. The van der Waals surface area contributed by atoms with E-state index in [2.05, 4.69) is 26.1 Å². The second-order valence-electron chi connectivity index (χ2n) is 6.16. The van der Waals surface area contributed by atoms with Crippen LogP contribution in [0.5, 0.6) is 5.75 Å². The summed E-state index contributed by atoms with van der Waals surface area (Å²) in [6.07, 6.45) is 7.54. The standard InChI is InChI=1S/C18H32N2O/c1-4-11-21-18-13-16(19)12-17(14-18)20-10-8-6-5-7-9-15(2)3/h12-15,20H,4-11,19H2,1-3H3. The molecule has 3 heteroatoms. The van der Waals surface area contributed by atoms with Gasteiger partial charge in [0.2, 0.25) is 0 Å². The average molecular weight is 292 g/mol. The molecule has 21 heavy (non-hydrogen) atoms. The van der Waals surface area contributed by atoms with Crippen molar-refractivity contribution in [2.24, 2.45) is 5.92 Å². The largest absolute Gasteiger partial charge is 0.493 e. The molecule has 3 nitrogen and oxygen atoms in total. The third-order valence-electron chi connectivity index (χ3n) is 3.44. The third kappa shape index (κ3) is 8.49. The van der Waals surface area contributed by atoms with Gasteiger partial charge in [-0.1, -0.05) is 46.5 Å². The van der Waals surface area contributed by atoms with Crippen LogP contribution in [0.4, 0.5) is 11.4 Å². The van der Waals surface area contributed by atoms with Gasteiger partial charge in [0.05, 0.1) is 6.61 Å². The number of anilines is 2. The van der Waals surface area contributed by atoms with Gasteiger partial charge in [-0.3, -0.25) is 0 Å². The lowest BCUT2D eigenvalue weighted by Crippen LogP contribution is -2.03. The summed E-state index contributed by atoms with van der Waals surface area (Å²) in [5.41, 5.74) is 7.72. The zero-order chi connectivity index (χ0) is 15.5. The molecule has 0 aliphatic rings. The first-order valence-corrected chi connectivity index (χ1v) is 8.39. The molecule has 0 spiro atoms. The van der Waals surface area contributed by atoms with E-state index in [1.165, 1.54) is 32.1 Å². The maximum Gasteiger partial charge on any atom is 0.123 e. The van der Waals surface area contributed by atoms with Crippen molar-refractivity contribution >= 4 is 11.4 Å². The first-order chi connectivity index (χ1) is 10.1. The number of nitrogens with two attached hydrogens (primary N) is 1. The van der Waals surface area contributed by atoms with Crippen molar-refractivity contribution in [2.45, 2.75) is 59.3 Å². The lowest BCUT2D eigenvalue weighted by atomic mass is 10.0. The number of nitrogens with one attached hydrogen (secondary N) is 1. The highest BCUT2D eigenvalue weighted by molar-refractivity contribution is 5.59. The van der Waals surface area contributed by atoms with Crippen LogP contribution in [0.2, 0.25) is 0 Å².